The zero-order valence-electron chi connectivity index (χ0n) is 13.8. The van der Waals surface area contributed by atoms with Crippen LogP contribution in [0.15, 0.2) is 24.3 Å². The molecule has 4 heteroatoms. The number of nitrogens with one attached hydrogen (secondary N) is 1. The van der Waals surface area contributed by atoms with Crippen molar-refractivity contribution in [2.45, 2.75) is 45.6 Å². The molecule has 0 aromatic heterocycles. The van der Waals surface area contributed by atoms with Crippen LogP contribution in [0.1, 0.15) is 38.2 Å². The van der Waals surface area contributed by atoms with Gasteiger partial charge in [-0.25, -0.2) is 0 Å². The lowest BCUT2D eigenvalue weighted by molar-refractivity contribution is -0.122. The van der Waals surface area contributed by atoms with Gasteiger partial charge in [-0.2, -0.15) is 0 Å². The molecular formula is C18H29N3O. The van der Waals surface area contributed by atoms with E-state index in [1.165, 1.54) is 11.3 Å². The van der Waals surface area contributed by atoms with Crippen LogP contribution in [0.3, 0.4) is 0 Å². The van der Waals surface area contributed by atoms with E-state index in [-0.39, 0.29) is 11.9 Å². The number of nitrogens with two attached hydrogens (primary N) is 1. The summed E-state index contributed by atoms with van der Waals surface area (Å²) in [4.78, 5) is 14.3. The molecule has 0 radical (unpaired) electrons. The monoisotopic (exact) mass is 303 g/mol. The highest BCUT2D eigenvalue weighted by Crippen LogP contribution is 2.26. The Morgan fingerprint density at radius 1 is 1.41 bits per heavy atom. The van der Waals surface area contributed by atoms with Crippen LogP contribution in [-0.2, 0) is 4.79 Å². The Morgan fingerprint density at radius 2 is 2.23 bits per heavy atom. The number of rotatable bonds is 7. The van der Waals surface area contributed by atoms with E-state index in [1.807, 2.05) is 0 Å². The molecule has 0 heterocycles. The number of hydrogen-bond acceptors (Lipinski definition) is 3. The second-order valence-corrected chi connectivity index (χ2v) is 6.33. The highest BCUT2D eigenvalue weighted by atomic mass is 16.1. The lowest BCUT2D eigenvalue weighted by atomic mass is 10.00. The maximum atomic E-state index is 12.0. The third-order valence-electron chi connectivity index (χ3n) is 4.62. The van der Waals surface area contributed by atoms with E-state index in [9.17, 15) is 4.79 Å². The molecular weight excluding hydrogens is 274 g/mol. The van der Waals surface area contributed by atoms with Gasteiger partial charge in [-0.15, -0.1) is 0 Å². The first-order valence-corrected chi connectivity index (χ1v) is 8.44. The predicted octanol–water partition coefficient (Wildman–Crippen LogP) is 2.46. The molecule has 3 N–H and O–H groups in total. The van der Waals surface area contributed by atoms with Crippen molar-refractivity contribution in [3.05, 3.63) is 29.8 Å². The first-order chi connectivity index (χ1) is 10.6. The van der Waals surface area contributed by atoms with Gasteiger partial charge < -0.3 is 16.0 Å². The summed E-state index contributed by atoms with van der Waals surface area (Å²) in [6, 6.07) is 8.70. The van der Waals surface area contributed by atoms with Gasteiger partial charge >= 0.3 is 0 Å². The Morgan fingerprint density at radius 3 is 2.86 bits per heavy atom. The number of carbonyl (C=O) groups is 1. The first-order valence-electron chi connectivity index (χ1n) is 8.44. The molecule has 1 aliphatic carbocycles. The van der Waals surface area contributed by atoms with Crippen molar-refractivity contribution in [3.63, 3.8) is 0 Å². The van der Waals surface area contributed by atoms with Gasteiger partial charge in [0.1, 0.15) is 0 Å². The molecule has 2 rings (SSSR count). The first kappa shape index (κ1) is 16.8. The fourth-order valence-electron chi connectivity index (χ4n) is 3.25. The number of aryl methyl sites for hydroxylation is 1. The minimum atomic E-state index is 0.141. The Kier molecular flexibility index (Phi) is 6.25. The number of likely N-dealkylation sites (N-methyl/N-ethyl adjacent to an activating group) is 1. The molecule has 1 saturated carbocycles. The molecule has 1 aromatic carbocycles. The molecule has 0 unspecified atom stereocenters. The normalized spacial score (nSPS) is 20.9. The van der Waals surface area contributed by atoms with E-state index < -0.39 is 0 Å². The van der Waals surface area contributed by atoms with Crippen molar-refractivity contribution in [2.24, 2.45) is 11.7 Å². The van der Waals surface area contributed by atoms with E-state index >= 15 is 0 Å². The van der Waals surface area contributed by atoms with Crippen LogP contribution in [-0.4, -0.2) is 31.6 Å². The van der Waals surface area contributed by atoms with Crippen molar-refractivity contribution in [3.8, 4) is 0 Å². The van der Waals surface area contributed by atoms with Gasteiger partial charge in [0.05, 0.1) is 0 Å². The minimum Gasteiger partial charge on any atom is -0.370 e. The molecule has 2 atom stereocenters. The van der Waals surface area contributed by atoms with Crippen molar-refractivity contribution in [1.82, 2.24) is 5.32 Å². The zero-order chi connectivity index (χ0) is 15.9. The summed E-state index contributed by atoms with van der Waals surface area (Å²) in [6.45, 7) is 6.70. The largest absolute Gasteiger partial charge is 0.370 e. The van der Waals surface area contributed by atoms with Crippen LogP contribution in [0.5, 0.6) is 0 Å². The summed E-state index contributed by atoms with van der Waals surface area (Å²) < 4.78 is 0. The molecule has 4 nitrogen and oxygen atoms in total. The third-order valence-corrected chi connectivity index (χ3v) is 4.62. The summed E-state index contributed by atoms with van der Waals surface area (Å²) in [5.41, 5.74) is 8.50. The number of nitrogens with zero attached hydrogens (tertiary/aromatic N) is 1. The minimum absolute atomic E-state index is 0.141. The second-order valence-electron chi connectivity index (χ2n) is 6.33. The maximum Gasteiger partial charge on any atom is 0.220 e. The summed E-state index contributed by atoms with van der Waals surface area (Å²) in [5, 5.41) is 3.04. The number of anilines is 1. The molecule has 0 bridgehead atoms. The average molecular weight is 303 g/mol. The quantitative estimate of drug-likeness (QED) is 0.813. The molecule has 0 aliphatic heterocycles. The van der Waals surface area contributed by atoms with Crippen molar-refractivity contribution < 1.29 is 4.79 Å². The zero-order valence-corrected chi connectivity index (χ0v) is 13.8. The van der Waals surface area contributed by atoms with Gasteiger partial charge in [0.2, 0.25) is 5.91 Å². The Labute approximate surface area is 134 Å². The van der Waals surface area contributed by atoms with Crippen LogP contribution in [0.2, 0.25) is 0 Å². The molecule has 0 spiro atoms. The fraction of sp³-hybridized carbons (Fsp3) is 0.611. The SMILES string of the molecule is CCN(CCNC(=O)C[C@@H]1CCC[C@H]1N)c1cccc(C)c1. The van der Waals surface area contributed by atoms with Crippen LogP contribution >= 0.6 is 0 Å². The molecule has 1 amide bonds. The Hall–Kier alpha value is -1.55. The summed E-state index contributed by atoms with van der Waals surface area (Å²) in [5.74, 6) is 0.515. The van der Waals surface area contributed by atoms with Gasteiger partial charge in [0.25, 0.3) is 0 Å². The highest BCUT2D eigenvalue weighted by Gasteiger charge is 2.25. The van der Waals surface area contributed by atoms with E-state index in [4.69, 9.17) is 5.73 Å². The van der Waals surface area contributed by atoms with Gasteiger partial charge in [0, 0.05) is 37.8 Å². The second kappa shape index (κ2) is 8.18. The molecule has 1 aromatic rings. The summed E-state index contributed by atoms with van der Waals surface area (Å²) in [6.07, 6.45) is 3.90. The topological polar surface area (TPSA) is 58.4 Å². The predicted molar refractivity (Wildman–Crippen MR) is 92.0 cm³/mol. The van der Waals surface area contributed by atoms with E-state index in [0.29, 0.717) is 18.9 Å². The van der Waals surface area contributed by atoms with Gasteiger partial charge in [-0.3, -0.25) is 4.79 Å². The van der Waals surface area contributed by atoms with Crippen LogP contribution in [0.25, 0.3) is 0 Å². The van der Waals surface area contributed by atoms with Crippen LogP contribution in [0, 0.1) is 12.8 Å². The van der Waals surface area contributed by atoms with Crippen molar-refractivity contribution in [2.75, 3.05) is 24.5 Å². The van der Waals surface area contributed by atoms with E-state index in [0.717, 1.165) is 32.4 Å². The number of hydrogen-bond donors (Lipinski definition) is 2. The third kappa shape index (κ3) is 4.73. The fourth-order valence-corrected chi connectivity index (χ4v) is 3.25. The molecule has 1 aliphatic rings. The highest BCUT2D eigenvalue weighted by molar-refractivity contribution is 5.76. The average Bonchev–Trinajstić information content (AvgIpc) is 2.89. The number of carbonyl (C=O) groups excluding carboxylic acids is 1. The molecule has 22 heavy (non-hydrogen) atoms. The molecule has 122 valence electrons. The standard InChI is InChI=1S/C18H29N3O/c1-3-21(16-8-4-6-14(2)12-16)11-10-20-18(22)13-15-7-5-9-17(15)19/h4,6,8,12,15,17H,3,5,7,9-11,13,19H2,1-2H3,(H,20,22)/t15-,17+/m0/s1. The van der Waals surface area contributed by atoms with Gasteiger partial charge in [-0.05, 0) is 50.3 Å². The molecule has 0 saturated heterocycles. The van der Waals surface area contributed by atoms with E-state index in [1.54, 1.807) is 0 Å². The van der Waals surface area contributed by atoms with Gasteiger partial charge in [0.15, 0.2) is 0 Å². The van der Waals surface area contributed by atoms with Crippen molar-refractivity contribution in [1.29, 1.82) is 0 Å². The lowest BCUT2D eigenvalue weighted by Gasteiger charge is -2.24. The van der Waals surface area contributed by atoms with E-state index in [2.05, 4.69) is 48.3 Å². The Bertz CT molecular complexity index is 489. The summed E-state index contributed by atoms with van der Waals surface area (Å²) in [7, 11) is 0. The summed E-state index contributed by atoms with van der Waals surface area (Å²) >= 11 is 0. The van der Waals surface area contributed by atoms with Crippen molar-refractivity contribution >= 4 is 11.6 Å². The molecule has 1 fully saturated rings. The van der Waals surface area contributed by atoms with Gasteiger partial charge in [-0.1, -0.05) is 18.6 Å². The van der Waals surface area contributed by atoms with Crippen LogP contribution < -0.4 is 16.0 Å². The maximum absolute atomic E-state index is 12.0. The van der Waals surface area contributed by atoms with Crippen LogP contribution in [0.4, 0.5) is 5.69 Å². The smallest absolute Gasteiger partial charge is 0.220 e. The number of benzene rings is 1. The number of amides is 1. The Balaban J connectivity index is 1.75. The lowest BCUT2D eigenvalue weighted by Crippen LogP contribution is -2.37.